The van der Waals surface area contributed by atoms with Gasteiger partial charge in [0.2, 0.25) is 0 Å². The molecule has 0 heterocycles. The third kappa shape index (κ3) is 5.66. The van der Waals surface area contributed by atoms with Gasteiger partial charge in [-0.15, -0.1) is 0 Å². The highest BCUT2D eigenvalue weighted by Crippen LogP contribution is 2.08. The zero-order valence-electron chi connectivity index (χ0n) is 7.68. The highest BCUT2D eigenvalue weighted by molar-refractivity contribution is 5.75. The molecule has 0 spiro atoms. The van der Waals surface area contributed by atoms with Crippen LogP contribution in [0.15, 0.2) is 37.0 Å². The molecule has 12 heavy (non-hydrogen) atoms. The van der Waals surface area contributed by atoms with Crippen LogP contribution < -0.4 is 0 Å². The van der Waals surface area contributed by atoms with Crippen molar-refractivity contribution >= 4 is 5.78 Å². The Balaban J connectivity index is 3.73. The van der Waals surface area contributed by atoms with Crippen LogP contribution in [-0.2, 0) is 4.79 Å². The van der Waals surface area contributed by atoms with Crippen LogP contribution in [0, 0.1) is 0 Å². The molecule has 0 N–H and O–H groups in total. The summed E-state index contributed by atoms with van der Waals surface area (Å²) >= 11 is 0. The number of rotatable bonds is 6. The predicted octanol–water partition coefficient (Wildman–Crippen LogP) is 3.04. The first kappa shape index (κ1) is 10.9. The zero-order valence-corrected chi connectivity index (χ0v) is 7.68. The second-order valence-electron chi connectivity index (χ2n) is 2.74. The van der Waals surface area contributed by atoms with Gasteiger partial charge in [-0.2, -0.15) is 0 Å². The molecule has 0 aliphatic heterocycles. The number of carbonyl (C=O) groups excluding carboxylic acids is 1. The first-order chi connectivity index (χ1) is 5.70. The molecule has 0 aliphatic carbocycles. The van der Waals surface area contributed by atoms with Gasteiger partial charge in [0, 0.05) is 6.42 Å². The van der Waals surface area contributed by atoms with Crippen molar-refractivity contribution in [1.82, 2.24) is 0 Å². The SMILES string of the molecule is C=C/C=C(\C=C)CCCC(C)=O. The standard InChI is InChI=1S/C11H16O/c1-4-7-11(5-2)9-6-8-10(3)12/h4-5,7H,1-2,6,8-9H2,3H3/b11-7+. The lowest BCUT2D eigenvalue weighted by molar-refractivity contribution is -0.117. The summed E-state index contributed by atoms with van der Waals surface area (Å²) in [6.45, 7) is 8.89. The molecule has 0 aromatic carbocycles. The summed E-state index contributed by atoms with van der Waals surface area (Å²) in [5.74, 6) is 0.247. The number of carbonyl (C=O) groups is 1. The van der Waals surface area contributed by atoms with Crippen molar-refractivity contribution in [1.29, 1.82) is 0 Å². The van der Waals surface area contributed by atoms with Crippen molar-refractivity contribution in [2.45, 2.75) is 26.2 Å². The van der Waals surface area contributed by atoms with Crippen molar-refractivity contribution in [3.05, 3.63) is 37.0 Å². The predicted molar refractivity (Wildman–Crippen MR) is 53.0 cm³/mol. The first-order valence-corrected chi connectivity index (χ1v) is 4.14. The van der Waals surface area contributed by atoms with Crippen molar-refractivity contribution in [2.75, 3.05) is 0 Å². The Morgan fingerprint density at radius 2 is 2.00 bits per heavy atom. The largest absolute Gasteiger partial charge is 0.300 e. The van der Waals surface area contributed by atoms with E-state index < -0.39 is 0 Å². The number of allylic oxidation sites excluding steroid dienone is 4. The third-order valence-corrected chi connectivity index (χ3v) is 1.59. The number of hydrogen-bond donors (Lipinski definition) is 0. The molecule has 0 unspecified atom stereocenters. The Bertz CT molecular complexity index is 199. The maximum atomic E-state index is 10.6. The summed E-state index contributed by atoms with van der Waals surface area (Å²) < 4.78 is 0. The van der Waals surface area contributed by atoms with Gasteiger partial charge >= 0.3 is 0 Å². The fourth-order valence-corrected chi connectivity index (χ4v) is 0.946. The van der Waals surface area contributed by atoms with E-state index in [0.29, 0.717) is 6.42 Å². The van der Waals surface area contributed by atoms with E-state index in [1.54, 1.807) is 13.0 Å². The fourth-order valence-electron chi connectivity index (χ4n) is 0.946. The van der Waals surface area contributed by atoms with E-state index >= 15 is 0 Å². The van der Waals surface area contributed by atoms with Crippen LogP contribution in [-0.4, -0.2) is 5.78 Å². The second-order valence-corrected chi connectivity index (χ2v) is 2.74. The van der Waals surface area contributed by atoms with Crippen LogP contribution in [0.4, 0.5) is 0 Å². The van der Waals surface area contributed by atoms with Gasteiger partial charge < -0.3 is 4.79 Å². The summed E-state index contributed by atoms with van der Waals surface area (Å²) in [6, 6.07) is 0. The van der Waals surface area contributed by atoms with Crippen LogP contribution in [0.5, 0.6) is 0 Å². The van der Waals surface area contributed by atoms with Gasteiger partial charge in [-0.05, 0) is 25.3 Å². The topological polar surface area (TPSA) is 17.1 Å². The Morgan fingerprint density at radius 3 is 2.42 bits per heavy atom. The van der Waals surface area contributed by atoms with Gasteiger partial charge in [0.1, 0.15) is 5.78 Å². The van der Waals surface area contributed by atoms with E-state index in [4.69, 9.17) is 0 Å². The minimum absolute atomic E-state index is 0.247. The molecule has 0 fully saturated rings. The highest BCUT2D eigenvalue weighted by Gasteiger charge is 1.94. The summed E-state index contributed by atoms with van der Waals surface area (Å²) in [5, 5.41) is 0. The fraction of sp³-hybridized carbons (Fsp3) is 0.364. The van der Waals surface area contributed by atoms with Gasteiger partial charge in [-0.1, -0.05) is 31.4 Å². The van der Waals surface area contributed by atoms with Crippen LogP contribution in [0.2, 0.25) is 0 Å². The molecule has 0 atom stereocenters. The lowest BCUT2D eigenvalue weighted by atomic mass is 10.1. The highest BCUT2D eigenvalue weighted by atomic mass is 16.1. The molecule has 1 heteroatoms. The van der Waals surface area contributed by atoms with Crippen molar-refractivity contribution in [2.24, 2.45) is 0 Å². The Labute approximate surface area is 74.5 Å². The molecule has 0 amide bonds. The minimum atomic E-state index is 0.247. The first-order valence-electron chi connectivity index (χ1n) is 4.14. The van der Waals surface area contributed by atoms with Crippen LogP contribution in [0.25, 0.3) is 0 Å². The van der Waals surface area contributed by atoms with Crippen molar-refractivity contribution in [3.63, 3.8) is 0 Å². The molecule has 1 nitrogen and oxygen atoms in total. The molecular formula is C11H16O. The molecule has 0 radical (unpaired) electrons. The average molecular weight is 164 g/mol. The molecule has 0 saturated heterocycles. The number of ketones is 1. The monoisotopic (exact) mass is 164 g/mol. The van der Waals surface area contributed by atoms with Gasteiger partial charge in [-0.3, -0.25) is 0 Å². The number of hydrogen-bond acceptors (Lipinski definition) is 1. The lowest BCUT2D eigenvalue weighted by Crippen LogP contribution is -1.89. The van der Waals surface area contributed by atoms with Gasteiger partial charge in [0.25, 0.3) is 0 Å². The van der Waals surface area contributed by atoms with E-state index in [-0.39, 0.29) is 5.78 Å². The molecule has 0 saturated carbocycles. The van der Waals surface area contributed by atoms with Gasteiger partial charge in [-0.25, -0.2) is 0 Å². The molecular weight excluding hydrogens is 148 g/mol. The molecule has 0 bridgehead atoms. The van der Waals surface area contributed by atoms with Crippen molar-refractivity contribution in [3.8, 4) is 0 Å². The van der Waals surface area contributed by atoms with Crippen LogP contribution >= 0.6 is 0 Å². The van der Waals surface area contributed by atoms with E-state index in [2.05, 4.69) is 13.2 Å². The Hall–Kier alpha value is -1.11. The third-order valence-electron chi connectivity index (χ3n) is 1.59. The van der Waals surface area contributed by atoms with E-state index in [1.807, 2.05) is 12.2 Å². The molecule has 0 aliphatic rings. The van der Waals surface area contributed by atoms with E-state index in [1.165, 1.54) is 0 Å². The Morgan fingerprint density at radius 1 is 1.33 bits per heavy atom. The second kappa shape index (κ2) is 6.59. The smallest absolute Gasteiger partial charge is 0.129 e. The maximum Gasteiger partial charge on any atom is 0.129 e. The quantitative estimate of drug-likeness (QED) is 0.551. The molecule has 0 rings (SSSR count). The normalized spacial score (nSPS) is 10.9. The van der Waals surface area contributed by atoms with E-state index in [0.717, 1.165) is 18.4 Å². The number of Topliss-reactive ketones (excluding diaryl/α,β-unsaturated/α-hetero) is 1. The minimum Gasteiger partial charge on any atom is -0.300 e. The van der Waals surface area contributed by atoms with Crippen LogP contribution in [0.3, 0.4) is 0 Å². The van der Waals surface area contributed by atoms with Crippen molar-refractivity contribution < 1.29 is 4.79 Å². The lowest BCUT2D eigenvalue weighted by Gasteiger charge is -1.98. The van der Waals surface area contributed by atoms with E-state index in [9.17, 15) is 4.79 Å². The maximum absolute atomic E-state index is 10.6. The Kier molecular flexibility index (Phi) is 5.98. The summed E-state index contributed by atoms with van der Waals surface area (Å²) in [6.07, 6.45) is 7.94. The summed E-state index contributed by atoms with van der Waals surface area (Å²) in [5.41, 5.74) is 1.14. The molecule has 0 aromatic rings. The van der Waals surface area contributed by atoms with Gasteiger partial charge in [0.05, 0.1) is 0 Å². The average Bonchev–Trinajstić information content (AvgIpc) is 2.02. The zero-order chi connectivity index (χ0) is 9.40. The summed E-state index contributed by atoms with van der Waals surface area (Å²) in [7, 11) is 0. The molecule has 66 valence electrons. The molecule has 0 aromatic heterocycles. The van der Waals surface area contributed by atoms with Crippen LogP contribution in [0.1, 0.15) is 26.2 Å². The summed E-state index contributed by atoms with van der Waals surface area (Å²) in [4.78, 5) is 10.6. The van der Waals surface area contributed by atoms with Gasteiger partial charge in [0.15, 0.2) is 0 Å².